The fourth-order valence-electron chi connectivity index (χ4n) is 0.691. The highest BCUT2D eigenvalue weighted by molar-refractivity contribution is 5.96. The van der Waals surface area contributed by atoms with Crippen molar-refractivity contribution in [2.45, 2.75) is 19.8 Å². The molecule has 0 aromatic rings. The maximum Gasteiger partial charge on any atom is 0.335 e. The van der Waals surface area contributed by atoms with E-state index in [4.69, 9.17) is 10.2 Å². The normalized spacial score (nSPS) is 11.9. The molecule has 0 aromatic carbocycles. The standard InChI is InChI=1S/C9H12O4/c1-2-3-4-5-7(9(12)13)6-8(10)11/h4-6H,2-3H2,1H3,(H,10,11)(H,12,13)/b5-4?,7-6-. The van der Waals surface area contributed by atoms with Crippen molar-refractivity contribution in [1.29, 1.82) is 0 Å². The minimum Gasteiger partial charge on any atom is -0.478 e. The molecule has 2 N–H and O–H groups in total. The molecule has 0 spiro atoms. The van der Waals surface area contributed by atoms with Crippen LogP contribution in [0.25, 0.3) is 0 Å². The van der Waals surface area contributed by atoms with E-state index in [9.17, 15) is 9.59 Å². The number of rotatable bonds is 5. The quantitative estimate of drug-likeness (QED) is 0.500. The Balaban J connectivity index is 4.44. The molecule has 0 radical (unpaired) electrons. The van der Waals surface area contributed by atoms with Crippen LogP contribution in [0.4, 0.5) is 0 Å². The summed E-state index contributed by atoms with van der Waals surface area (Å²) in [7, 11) is 0. The minimum atomic E-state index is -1.25. The minimum absolute atomic E-state index is 0.207. The van der Waals surface area contributed by atoms with Gasteiger partial charge in [0.1, 0.15) is 0 Å². The molecule has 0 fully saturated rings. The van der Waals surface area contributed by atoms with E-state index in [1.807, 2.05) is 6.92 Å². The van der Waals surface area contributed by atoms with E-state index in [0.717, 1.165) is 12.8 Å². The first-order valence-corrected chi connectivity index (χ1v) is 3.92. The van der Waals surface area contributed by atoms with Crippen LogP contribution in [0.2, 0.25) is 0 Å². The van der Waals surface area contributed by atoms with Crippen molar-refractivity contribution in [1.82, 2.24) is 0 Å². The Morgan fingerprint density at radius 1 is 1.31 bits per heavy atom. The number of hydrogen-bond donors (Lipinski definition) is 2. The molecule has 0 aliphatic rings. The summed E-state index contributed by atoms with van der Waals surface area (Å²) in [5.41, 5.74) is -0.207. The van der Waals surface area contributed by atoms with Crippen LogP contribution >= 0.6 is 0 Å². The van der Waals surface area contributed by atoms with E-state index in [1.165, 1.54) is 6.08 Å². The highest BCUT2D eigenvalue weighted by Crippen LogP contribution is 1.99. The van der Waals surface area contributed by atoms with Crippen molar-refractivity contribution in [3.05, 3.63) is 23.8 Å². The third-order valence-electron chi connectivity index (χ3n) is 1.28. The van der Waals surface area contributed by atoms with Gasteiger partial charge in [-0.25, -0.2) is 9.59 Å². The molecule has 4 heteroatoms. The lowest BCUT2D eigenvalue weighted by molar-refractivity contribution is -0.134. The Morgan fingerprint density at radius 3 is 2.31 bits per heavy atom. The van der Waals surface area contributed by atoms with Crippen molar-refractivity contribution < 1.29 is 19.8 Å². The van der Waals surface area contributed by atoms with Gasteiger partial charge in [-0.1, -0.05) is 25.5 Å². The second kappa shape index (κ2) is 5.99. The van der Waals surface area contributed by atoms with Crippen LogP contribution in [0, 0.1) is 0 Å². The zero-order valence-corrected chi connectivity index (χ0v) is 7.36. The monoisotopic (exact) mass is 184 g/mol. The number of hydrogen-bond acceptors (Lipinski definition) is 2. The van der Waals surface area contributed by atoms with Gasteiger partial charge < -0.3 is 10.2 Å². The summed E-state index contributed by atoms with van der Waals surface area (Å²) in [5, 5.41) is 16.9. The molecular weight excluding hydrogens is 172 g/mol. The highest BCUT2D eigenvalue weighted by atomic mass is 16.4. The van der Waals surface area contributed by atoms with E-state index in [1.54, 1.807) is 6.08 Å². The van der Waals surface area contributed by atoms with E-state index < -0.39 is 11.9 Å². The van der Waals surface area contributed by atoms with Gasteiger partial charge in [-0.2, -0.15) is 0 Å². The summed E-state index contributed by atoms with van der Waals surface area (Å²) < 4.78 is 0. The zero-order chi connectivity index (χ0) is 10.3. The average Bonchev–Trinajstić information content (AvgIpc) is 2.02. The van der Waals surface area contributed by atoms with E-state index >= 15 is 0 Å². The summed E-state index contributed by atoms with van der Waals surface area (Å²) in [4.78, 5) is 20.6. The molecule has 0 bridgehead atoms. The lowest BCUT2D eigenvalue weighted by atomic mass is 10.2. The zero-order valence-electron chi connectivity index (χ0n) is 7.36. The second-order valence-electron chi connectivity index (χ2n) is 2.43. The van der Waals surface area contributed by atoms with Gasteiger partial charge in [-0.15, -0.1) is 0 Å². The number of aliphatic carboxylic acids is 2. The van der Waals surface area contributed by atoms with Gasteiger partial charge in [0.25, 0.3) is 0 Å². The highest BCUT2D eigenvalue weighted by Gasteiger charge is 2.04. The van der Waals surface area contributed by atoms with Gasteiger partial charge in [-0.3, -0.25) is 0 Å². The van der Waals surface area contributed by atoms with Crippen LogP contribution in [-0.2, 0) is 9.59 Å². The van der Waals surface area contributed by atoms with Crippen LogP contribution in [0.15, 0.2) is 23.8 Å². The van der Waals surface area contributed by atoms with Gasteiger partial charge in [0.05, 0.1) is 5.57 Å². The van der Waals surface area contributed by atoms with Crippen molar-refractivity contribution >= 4 is 11.9 Å². The molecule has 0 saturated carbocycles. The van der Waals surface area contributed by atoms with Crippen molar-refractivity contribution in [2.75, 3.05) is 0 Å². The molecule has 0 aromatic heterocycles. The second-order valence-corrected chi connectivity index (χ2v) is 2.43. The summed E-state index contributed by atoms with van der Waals surface area (Å²) in [6.07, 6.45) is 5.26. The first kappa shape index (κ1) is 11.4. The van der Waals surface area contributed by atoms with Crippen molar-refractivity contribution in [3.8, 4) is 0 Å². The fourth-order valence-corrected chi connectivity index (χ4v) is 0.691. The topological polar surface area (TPSA) is 74.6 Å². The summed E-state index contributed by atoms with van der Waals surface area (Å²) >= 11 is 0. The van der Waals surface area contributed by atoms with Gasteiger partial charge in [0.2, 0.25) is 0 Å². The molecule has 13 heavy (non-hydrogen) atoms. The molecule has 0 amide bonds. The number of allylic oxidation sites excluding steroid dienone is 1. The summed E-state index contributed by atoms with van der Waals surface area (Å²) in [5.74, 6) is -2.48. The van der Waals surface area contributed by atoms with Gasteiger partial charge in [-0.05, 0) is 6.42 Å². The average molecular weight is 184 g/mol. The number of carboxylic acid groups (broad SMARTS) is 2. The lowest BCUT2D eigenvalue weighted by Gasteiger charge is -1.91. The van der Waals surface area contributed by atoms with E-state index in [0.29, 0.717) is 6.08 Å². The van der Waals surface area contributed by atoms with Crippen LogP contribution in [-0.4, -0.2) is 22.2 Å². The maximum atomic E-state index is 10.4. The molecule has 0 heterocycles. The lowest BCUT2D eigenvalue weighted by Crippen LogP contribution is -2.01. The molecule has 0 saturated heterocycles. The first-order chi connectivity index (χ1) is 6.07. The Morgan fingerprint density at radius 2 is 1.92 bits per heavy atom. The fraction of sp³-hybridized carbons (Fsp3) is 0.333. The molecule has 4 nitrogen and oxygen atoms in total. The molecule has 0 atom stereocenters. The third kappa shape index (κ3) is 5.66. The van der Waals surface area contributed by atoms with E-state index in [2.05, 4.69) is 0 Å². The van der Waals surface area contributed by atoms with Crippen LogP contribution in [0.3, 0.4) is 0 Å². The van der Waals surface area contributed by atoms with Crippen molar-refractivity contribution in [3.63, 3.8) is 0 Å². The van der Waals surface area contributed by atoms with Gasteiger partial charge >= 0.3 is 11.9 Å². The number of carbonyl (C=O) groups is 2. The third-order valence-corrected chi connectivity index (χ3v) is 1.28. The maximum absolute atomic E-state index is 10.4. The predicted molar refractivity (Wildman–Crippen MR) is 47.4 cm³/mol. The number of unbranched alkanes of at least 4 members (excludes halogenated alkanes) is 1. The van der Waals surface area contributed by atoms with Gasteiger partial charge in [0.15, 0.2) is 0 Å². The van der Waals surface area contributed by atoms with Gasteiger partial charge in [0, 0.05) is 6.08 Å². The number of carboxylic acids is 2. The molecule has 0 unspecified atom stereocenters. The van der Waals surface area contributed by atoms with E-state index in [-0.39, 0.29) is 5.57 Å². The summed E-state index contributed by atoms with van der Waals surface area (Å²) in [6.45, 7) is 1.95. The van der Waals surface area contributed by atoms with Crippen LogP contribution in [0.1, 0.15) is 19.8 Å². The Kier molecular flexibility index (Phi) is 5.27. The molecule has 0 rings (SSSR count). The van der Waals surface area contributed by atoms with Crippen molar-refractivity contribution in [2.24, 2.45) is 0 Å². The SMILES string of the molecule is CCCC=C/C(=C/C(=O)O)C(=O)O. The van der Waals surface area contributed by atoms with Crippen LogP contribution < -0.4 is 0 Å². The summed E-state index contributed by atoms with van der Waals surface area (Å²) in [6, 6.07) is 0. The smallest absolute Gasteiger partial charge is 0.335 e. The Bertz CT molecular complexity index is 250. The molecule has 0 aliphatic carbocycles. The predicted octanol–water partition coefficient (Wildman–Crippen LogP) is 1.44. The largest absolute Gasteiger partial charge is 0.478 e. The first-order valence-electron chi connectivity index (χ1n) is 3.92. The molecular formula is C9H12O4. The molecule has 72 valence electrons. The Labute approximate surface area is 76.2 Å². The molecule has 0 aliphatic heterocycles. The Hall–Kier alpha value is -1.58. The van der Waals surface area contributed by atoms with Crippen LogP contribution in [0.5, 0.6) is 0 Å².